The summed E-state index contributed by atoms with van der Waals surface area (Å²) in [6.45, 7) is 3.91. The molecule has 4 heteroatoms. The molecule has 3 N–H and O–H groups in total. The molecular weight excluding hydrogens is 300 g/mol. The van der Waals surface area contributed by atoms with E-state index in [0.29, 0.717) is 19.8 Å². The van der Waals surface area contributed by atoms with Gasteiger partial charge in [0.2, 0.25) is 5.91 Å². The second-order valence-corrected chi connectivity index (χ2v) is 5.88. The first-order chi connectivity index (χ1) is 11.7. The number of rotatable bonds is 9. The number of nitrogens with two attached hydrogens (primary N) is 1. The van der Waals surface area contributed by atoms with Gasteiger partial charge >= 0.3 is 0 Å². The Labute approximate surface area is 144 Å². The monoisotopic (exact) mass is 326 g/mol. The molecule has 4 nitrogen and oxygen atoms in total. The van der Waals surface area contributed by atoms with E-state index in [0.717, 1.165) is 24.0 Å². The summed E-state index contributed by atoms with van der Waals surface area (Å²) in [7, 11) is 0. The third kappa shape index (κ3) is 6.14. The van der Waals surface area contributed by atoms with Crippen molar-refractivity contribution in [2.24, 2.45) is 5.73 Å². The Kier molecular flexibility index (Phi) is 7.46. The maximum Gasteiger partial charge on any atom is 0.241 e. The smallest absolute Gasteiger partial charge is 0.241 e. The average Bonchev–Trinajstić information content (AvgIpc) is 2.61. The first-order valence-electron chi connectivity index (χ1n) is 8.38. The molecule has 0 aromatic heterocycles. The van der Waals surface area contributed by atoms with Crippen LogP contribution in [0.4, 0.5) is 0 Å². The number of ether oxygens (including phenoxy) is 1. The van der Waals surface area contributed by atoms with Crippen molar-refractivity contribution in [1.29, 1.82) is 0 Å². The van der Waals surface area contributed by atoms with E-state index in [2.05, 4.69) is 17.4 Å². The van der Waals surface area contributed by atoms with Crippen LogP contribution in [0.5, 0.6) is 0 Å². The average molecular weight is 326 g/mol. The molecule has 128 valence electrons. The normalized spacial score (nSPS) is 11.9. The molecular formula is C20H26N2O2. The fraction of sp³-hybridized carbons (Fsp3) is 0.350. The minimum atomic E-state index is -0.621. The zero-order valence-electron chi connectivity index (χ0n) is 14.2. The van der Waals surface area contributed by atoms with Crippen LogP contribution >= 0.6 is 0 Å². The van der Waals surface area contributed by atoms with E-state index in [-0.39, 0.29) is 5.91 Å². The molecule has 2 aromatic rings. The summed E-state index contributed by atoms with van der Waals surface area (Å²) in [6, 6.07) is 17.3. The zero-order chi connectivity index (χ0) is 17.2. The lowest BCUT2D eigenvalue weighted by Gasteiger charge is -2.13. The molecule has 0 fully saturated rings. The van der Waals surface area contributed by atoms with Crippen LogP contribution in [0.3, 0.4) is 0 Å². The van der Waals surface area contributed by atoms with Crippen molar-refractivity contribution in [1.82, 2.24) is 5.32 Å². The minimum absolute atomic E-state index is 0.150. The van der Waals surface area contributed by atoms with Crippen molar-refractivity contribution in [2.75, 3.05) is 19.8 Å². The van der Waals surface area contributed by atoms with Gasteiger partial charge in [0.15, 0.2) is 0 Å². The Morgan fingerprint density at radius 2 is 1.79 bits per heavy atom. The number of aryl methyl sites for hydroxylation is 1. The third-order valence-electron chi connectivity index (χ3n) is 3.86. The maximum absolute atomic E-state index is 12.0. The predicted molar refractivity (Wildman–Crippen MR) is 96.7 cm³/mol. The van der Waals surface area contributed by atoms with Gasteiger partial charge in [-0.3, -0.25) is 4.79 Å². The molecule has 0 saturated heterocycles. The molecule has 0 spiro atoms. The molecule has 2 rings (SSSR count). The second-order valence-electron chi connectivity index (χ2n) is 5.88. The first-order valence-corrected chi connectivity index (χ1v) is 8.38. The summed E-state index contributed by atoms with van der Waals surface area (Å²) in [6.07, 6.45) is 1.69. The second kappa shape index (κ2) is 9.85. The van der Waals surface area contributed by atoms with Crippen LogP contribution in [-0.2, 0) is 16.0 Å². The molecule has 0 aliphatic rings. The molecule has 2 aromatic carbocycles. The molecule has 1 atom stereocenters. The van der Waals surface area contributed by atoms with Crippen LogP contribution in [0, 0.1) is 6.92 Å². The zero-order valence-corrected chi connectivity index (χ0v) is 14.2. The van der Waals surface area contributed by atoms with Gasteiger partial charge in [0.05, 0.1) is 6.61 Å². The lowest BCUT2D eigenvalue weighted by molar-refractivity contribution is -0.122. The number of hydrogen-bond acceptors (Lipinski definition) is 3. The van der Waals surface area contributed by atoms with Gasteiger partial charge in [0, 0.05) is 13.2 Å². The fourth-order valence-corrected chi connectivity index (χ4v) is 2.36. The minimum Gasteiger partial charge on any atom is -0.381 e. The van der Waals surface area contributed by atoms with Gasteiger partial charge in [-0.2, -0.15) is 0 Å². The Balaban J connectivity index is 1.56. The number of carbonyl (C=O) groups is 1. The van der Waals surface area contributed by atoms with E-state index in [1.165, 1.54) is 5.56 Å². The van der Waals surface area contributed by atoms with Crippen molar-refractivity contribution >= 4 is 5.91 Å². The highest BCUT2D eigenvalue weighted by atomic mass is 16.5. The molecule has 0 saturated carbocycles. The number of carbonyl (C=O) groups excluding carboxylic acids is 1. The highest BCUT2D eigenvalue weighted by molar-refractivity contribution is 5.82. The van der Waals surface area contributed by atoms with Gasteiger partial charge in [0.1, 0.15) is 6.04 Å². The van der Waals surface area contributed by atoms with E-state index < -0.39 is 6.04 Å². The highest BCUT2D eigenvalue weighted by Crippen LogP contribution is 2.11. The van der Waals surface area contributed by atoms with E-state index in [1.807, 2.05) is 49.4 Å². The SMILES string of the molecule is Cc1ccc(C(N)C(=O)NCCCOCCc2ccccc2)cc1. The van der Waals surface area contributed by atoms with Gasteiger partial charge in [-0.1, -0.05) is 60.2 Å². The van der Waals surface area contributed by atoms with E-state index in [9.17, 15) is 4.79 Å². The standard InChI is InChI=1S/C20H26N2O2/c1-16-8-10-18(11-9-16)19(21)20(23)22-13-5-14-24-15-12-17-6-3-2-4-7-17/h2-4,6-11,19H,5,12-15,21H2,1H3,(H,22,23). The molecule has 24 heavy (non-hydrogen) atoms. The molecule has 0 heterocycles. The van der Waals surface area contributed by atoms with Gasteiger partial charge in [0.25, 0.3) is 0 Å². The summed E-state index contributed by atoms with van der Waals surface area (Å²) >= 11 is 0. The van der Waals surface area contributed by atoms with Gasteiger partial charge in [-0.25, -0.2) is 0 Å². The van der Waals surface area contributed by atoms with Crippen molar-refractivity contribution in [3.05, 3.63) is 71.3 Å². The Bertz CT molecular complexity index is 611. The summed E-state index contributed by atoms with van der Waals surface area (Å²) < 4.78 is 5.60. The molecule has 1 amide bonds. The summed E-state index contributed by atoms with van der Waals surface area (Å²) in [5.74, 6) is -0.150. The van der Waals surface area contributed by atoms with Crippen LogP contribution in [0.25, 0.3) is 0 Å². The predicted octanol–water partition coefficient (Wildman–Crippen LogP) is 2.76. The van der Waals surface area contributed by atoms with Crippen LogP contribution in [0.15, 0.2) is 54.6 Å². The lowest BCUT2D eigenvalue weighted by Crippen LogP contribution is -2.35. The van der Waals surface area contributed by atoms with E-state index >= 15 is 0 Å². The van der Waals surface area contributed by atoms with Crippen molar-refractivity contribution < 1.29 is 9.53 Å². The Hall–Kier alpha value is -2.17. The van der Waals surface area contributed by atoms with Gasteiger partial charge in [-0.05, 0) is 30.9 Å². The van der Waals surface area contributed by atoms with Crippen LogP contribution in [0.2, 0.25) is 0 Å². The van der Waals surface area contributed by atoms with Crippen LogP contribution < -0.4 is 11.1 Å². The third-order valence-corrected chi connectivity index (χ3v) is 3.86. The molecule has 0 aliphatic heterocycles. The Morgan fingerprint density at radius 3 is 2.50 bits per heavy atom. The summed E-state index contributed by atoms with van der Waals surface area (Å²) in [5.41, 5.74) is 9.23. The summed E-state index contributed by atoms with van der Waals surface area (Å²) in [4.78, 5) is 12.0. The van der Waals surface area contributed by atoms with Gasteiger partial charge in [-0.15, -0.1) is 0 Å². The lowest BCUT2D eigenvalue weighted by atomic mass is 10.1. The van der Waals surface area contributed by atoms with E-state index in [4.69, 9.17) is 10.5 Å². The van der Waals surface area contributed by atoms with Gasteiger partial charge < -0.3 is 15.8 Å². The molecule has 0 aliphatic carbocycles. The van der Waals surface area contributed by atoms with E-state index in [1.54, 1.807) is 0 Å². The molecule has 0 radical (unpaired) electrons. The number of amides is 1. The Morgan fingerprint density at radius 1 is 1.08 bits per heavy atom. The molecule has 0 bridgehead atoms. The van der Waals surface area contributed by atoms with Crippen LogP contribution in [0.1, 0.15) is 29.2 Å². The quantitative estimate of drug-likeness (QED) is 0.697. The van der Waals surface area contributed by atoms with Crippen molar-refractivity contribution in [2.45, 2.75) is 25.8 Å². The largest absolute Gasteiger partial charge is 0.381 e. The summed E-state index contributed by atoms with van der Waals surface area (Å²) in [5, 5.41) is 2.86. The number of hydrogen-bond donors (Lipinski definition) is 2. The first kappa shape index (κ1) is 18.2. The topological polar surface area (TPSA) is 64.4 Å². The molecule has 1 unspecified atom stereocenters. The highest BCUT2D eigenvalue weighted by Gasteiger charge is 2.14. The van der Waals surface area contributed by atoms with Crippen molar-refractivity contribution in [3.8, 4) is 0 Å². The van der Waals surface area contributed by atoms with Crippen molar-refractivity contribution in [3.63, 3.8) is 0 Å². The fourth-order valence-electron chi connectivity index (χ4n) is 2.36. The van der Waals surface area contributed by atoms with Crippen LogP contribution in [-0.4, -0.2) is 25.7 Å². The number of benzene rings is 2. The maximum atomic E-state index is 12.0. The number of nitrogens with one attached hydrogen (secondary N) is 1.